The lowest BCUT2D eigenvalue weighted by atomic mass is 9.33. The molecule has 6 nitrogen and oxygen atoms in total. The van der Waals surface area contributed by atoms with Crippen LogP contribution in [0.3, 0.4) is 0 Å². The first-order valence-electron chi connectivity index (χ1n) is 15.2. The normalized spacial score (nSPS) is 48.0. The molecule has 0 spiro atoms. The number of nitrogens with one attached hydrogen (secondary N) is 1. The minimum Gasteiger partial charge on any atom is -0.481 e. The zero-order valence-electron chi connectivity index (χ0n) is 25.9. The van der Waals surface area contributed by atoms with E-state index in [9.17, 15) is 9.59 Å². The van der Waals surface area contributed by atoms with Crippen molar-refractivity contribution >= 4 is 11.7 Å². The fraction of sp³-hybridized carbons (Fsp3) is 0.818. The Morgan fingerprint density at radius 1 is 0.974 bits per heavy atom. The van der Waals surface area contributed by atoms with Crippen LogP contribution in [0.2, 0.25) is 0 Å². The summed E-state index contributed by atoms with van der Waals surface area (Å²) in [4.78, 5) is 32.3. The molecule has 3 N–H and O–H groups in total. The smallest absolute Gasteiger partial charge is 0.223 e. The molecule has 4 fully saturated rings. The Morgan fingerprint density at radius 3 is 2.26 bits per heavy atom. The molecule has 1 amide bonds. The highest BCUT2D eigenvalue weighted by Crippen LogP contribution is 2.75. The first-order valence-corrected chi connectivity index (χ1v) is 15.2. The largest absolute Gasteiger partial charge is 0.481 e. The van der Waals surface area contributed by atoms with Crippen molar-refractivity contribution in [3.63, 3.8) is 0 Å². The lowest BCUT2D eigenvalue weighted by Crippen LogP contribution is -2.65. The number of rotatable bonds is 4. The van der Waals surface area contributed by atoms with Gasteiger partial charge in [-0.2, -0.15) is 0 Å². The van der Waals surface area contributed by atoms with E-state index in [4.69, 9.17) is 15.3 Å². The molecule has 5 rings (SSSR count). The molecule has 0 aromatic heterocycles. The van der Waals surface area contributed by atoms with Crippen molar-refractivity contribution in [1.82, 2.24) is 5.48 Å². The summed E-state index contributed by atoms with van der Waals surface area (Å²) in [5, 5.41) is 0. The van der Waals surface area contributed by atoms with Gasteiger partial charge >= 0.3 is 0 Å². The van der Waals surface area contributed by atoms with Gasteiger partial charge in [0.05, 0.1) is 14.2 Å². The number of methoxy groups -OCH3 is 1. The predicted molar refractivity (Wildman–Crippen MR) is 153 cm³/mol. The maximum atomic E-state index is 14.5. The van der Waals surface area contributed by atoms with Crippen LogP contribution in [0.1, 0.15) is 106 Å². The van der Waals surface area contributed by atoms with E-state index >= 15 is 0 Å². The van der Waals surface area contributed by atoms with E-state index in [2.05, 4.69) is 53.1 Å². The average molecular weight is 541 g/mol. The van der Waals surface area contributed by atoms with Gasteiger partial charge in [-0.3, -0.25) is 14.4 Å². The highest BCUT2D eigenvalue weighted by atomic mass is 16.7. The van der Waals surface area contributed by atoms with Gasteiger partial charge in [0.15, 0.2) is 5.78 Å². The predicted octanol–water partition coefficient (Wildman–Crippen LogP) is 6.46. The van der Waals surface area contributed by atoms with Gasteiger partial charge in [-0.15, -0.1) is 0 Å². The van der Waals surface area contributed by atoms with E-state index < -0.39 is 5.41 Å². The molecular weight excluding hydrogens is 488 g/mol. The van der Waals surface area contributed by atoms with Gasteiger partial charge in [0, 0.05) is 11.3 Å². The summed E-state index contributed by atoms with van der Waals surface area (Å²) in [5.41, 5.74) is 10.7. The summed E-state index contributed by atoms with van der Waals surface area (Å²) in [6, 6.07) is 0. The van der Waals surface area contributed by atoms with Crippen molar-refractivity contribution in [2.75, 3.05) is 14.2 Å². The Labute approximate surface area is 235 Å². The number of hydrogen-bond donors (Lipinski definition) is 2. The fourth-order valence-electron chi connectivity index (χ4n) is 11.0. The van der Waals surface area contributed by atoms with Crippen LogP contribution in [0.5, 0.6) is 0 Å². The summed E-state index contributed by atoms with van der Waals surface area (Å²) in [7, 11) is 3.31. The van der Waals surface area contributed by atoms with Crippen molar-refractivity contribution in [3.8, 4) is 0 Å². The fourth-order valence-corrected chi connectivity index (χ4v) is 11.0. The monoisotopic (exact) mass is 540 g/mol. The van der Waals surface area contributed by atoms with Crippen LogP contribution in [0, 0.1) is 50.2 Å². The second-order valence-corrected chi connectivity index (χ2v) is 15.7. The maximum Gasteiger partial charge on any atom is 0.223 e. The minimum atomic E-state index is -0.501. The van der Waals surface area contributed by atoms with E-state index in [1.165, 1.54) is 11.1 Å². The highest BCUT2D eigenvalue weighted by molar-refractivity contribution is 5.95. The van der Waals surface area contributed by atoms with Crippen LogP contribution in [0.25, 0.3) is 0 Å². The first kappa shape index (κ1) is 28.7. The van der Waals surface area contributed by atoms with Gasteiger partial charge < -0.3 is 10.5 Å². The van der Waals surface area contributed by atoms with Crippen molar-refractivity contribution in [2.24, 2.45) is 56.0 Å². The Kier molecular flexibility index (Phi) is 6.50. The number of fused-ring (bicyclic) bond motifs is 7. The Balaban J connectivity index is 1.59. The average Bonchev–Trinajstić information content (AvgIpc) is 2.85. The zero-order chi connectivity index (χ0) is 28.8. The highest BCUT2D eigenvalue weighted by Gasteiger charge is 2.70. The summed E-state index contributed by atoms with van der Waals surface area (Å²) in [5.74, 6) is 1.41. The second-order valence-electron chi connectivity index (χ2n) is 15.7. The summed E-state index contributed by atoms with van der Waals surface area (Å²) in [6.07, 6.45) is 10.9. The van der Waals surface area contributed by atoms with Gasteiger partial charge in [0.25, 0.3) is 0 Å². The third kappa shape index (κ3) is 3.68. The van der Waals surface area contributed by atoms with Crippen molar-refractivity contribution in [3.05, 3.63) is 23.1 Å². The molecule has 39 heavy (non-hydrogen) atoms. The molecule has 0 bridgehead atoms. The van der Waals surface area contributed by atoms with Crippen LogP contribution in [0.4, 0.5) is 0 Å². The molecule has 5 aliphatic rings. The molecule has 0 radical (unpaired) electrons. The van der Waals surface area contributed by atoms with Crippen LogP contribution >= 0.6 is 0 Å². The van der Waals surface area contributed by atoms with Crippen LogP contribution in [-0.4, -0.2) is 25.9 Å². The molecule has 1 unspecified atom stereocenters. The number of nitrogens with two attached hydrogens (primary N) is 1. The standard InChI is InChI=1S/C33H52N2O4/c1-28(2)20(26(38-8)35-39-9)10-12-31(5)24(28)11-13-33(7)25(31)23(36)18-21-22-19-30(4,27(34)37)15-14-29(22,3)16-17-32(21,33)6/h18,22,24-25,35H,10-17,19H2,1-9H3,(H2,34,37)/t22-,24?,25+,29+,30-,31-,32+,33+/m0/s1. The third-order valence-electron chi connectivity index (χ3n) is 13.7. The number of hydroxylamine groups is 1. The van der Waals surface area contributed by atoms with Gasteiger partial charge in [0.1, 0.15) is 0 Å². The van der Waals surface area contributed by atoms with E-state index in [1.807, 2.05) is 6.92 Å². The SMILES string of the molecule is CONC(OC)=C1CC[C@@]2(C)C(CC[C@]3(C)[C@@H]2C(=O)C=C2[C@@H]4C[C@@](C)(C(N)=O)CC[C@]4(C)CC[C@]23C)C1(C)C. The number of amides is 1. The van der Waals surface area contributed by atoms with Gasteiger partial charge in [-0.25, -0.2) is 5.48 Å². The topological polar surface area (TPSA) is 90.7 Å². The number of carbonyl (C=O) groups is 2. The molecule has 0 aromatic carbocycles. The van der Waals surface area contributed by atoms with Crippen LogP contribution < -0.4 is 11.2 Å². The van der Waals surface area contributed by atoms with E-state index in [0.29, 0.717) is 17.6 Å². The van der Waals surface area contributed by atoms with Crippen LogP contribution in [-0.2, 0) is 19.2 Å². The Hall–Kier alpha value is -1.82. The lowest BCUT2D eigenvalue weighted by Gasteiger charge is -2.70. The summed E-state index contributed by atoms with van der Waals surface area (Å²) >= 11 is 0. The minimum absolute atomic E-state index is 0.0184. The molecule has 6 heteroatoms. The number of ether oxygens (including phenoxy) is 1. The van der Waals surface area contributed by atoms with Crippen molar-refractivity contribution in [1.29, 1.82) is 0 Å². The third-order valence-corrected chi connectivity index (χ3v) is 13.7. The molecule has 218 valence electrons. The van der Waals surface area contributed by atoms with E-state index in [0.717, 1.165) is 57.8 Å². The van der Waals surface area contributed by atoms with E-state index in [1.54, 1.807) is 14.2 Å². The molecule has 8 atom stereocenters. The maximum absolute atomic E-state index is 14.5. The number of allylic oxidation sites excluding steroid dienone is 3. The van der Waals surface area contributed by atoms with Gasteiger partial charge in [0.2, 0.25) is 11.8 Å². The Bertz CT molecular complexity index is 1140. The first-order chi connectivity index (χ1) is 18.0. The van der Waals surface area contributed by atoms with Gasteiger partial charge in [-0.05, 0) is 108 Å². The Morgan fingerprint density at radius 2 is 1.64 bits per heavy atom. The molecule has 0 heterocycles. The summed E-state index contributed by atoms with van der Waals surface area (Å²) in [6.45, 7) is 16.4. The van der Waals surface area contributed by atoms with Crippen molar-refractivity contribution in [2.45, 2.75) is 106 Å². The molecular formula is C33H52N2O4. The molecule has 5 aliphatic carbocycles. The molecule has 0 aliphatic heterocycles. The molecule has 4 saturated carbocycles. The van der Waals surface area contributed by atoms with Crippen LogP contribution in [0.15, 0.2) is 23.1 Å². The second kappa shape index (κ2) is 8.84. The molecule has 0 aromatic rings. The summed E-state index contributed by atoms with van der Waals surface area (Å²) < 4.78 is 5.74. The number of hydrogen-bond acceptors (Lipinski definition) is 5. The van der Waals surface area contributed by atoms with E-state index in [-0.39, 0.29) is 44.8 Å². The van der Waals surface area contributed by atoms with Gasteiger partial charge in [-0.1, -0.05) is 54.0 Å². The number of ketones is 1. The lowest BCUT2D eigenvalue weighted by molar-refractivity contribution is -0.179. The quantitative estimate of drug-likeness (QED) is 0.315. The zero-order valence-corrected chi connectivity index (χ0v) is 25.9. The van der Waals surface area contributed by atoms with Crippen molar-refractivity contribution < 1.29 is 19.2 Å². The number of primary amides is 1. The molecule has 0 saturated heterocycles. The number of carbonyl (C=O) groups excluding carboxylic acids is 2.